The Kier molecular flexibility index (Phi) is 19.4. The quantitative estimate of drug-likeness (QED) is 0.0441. The molecule has 10 nitrogen and oxygen atoms in total. The third-order valence-corrected chi connectivity index (χ3v) is 14.6. The molecule has 1 unspecified atom stereocenters. The number of allylic oxidation sites excluding steroid dienone is 1. The molecule has 0 radical (unpaired) electrons. The summed E-state index contributed by atoms with van der Waals surface area (Å²) in [6, 6.07) is 24.1. The van der Waals surface area contributed by atoms with Crippen molar-refractivity contribution in [3.8, 4) is 28.4 Å². The Morgan fingerprint density at radius 2 is 1.55 bits per heavy atom. The van der Waals surface area contributed by atoms with E-state index in [1.54, 1.807) is 6.08 Å². The number of rotatable bonds is 27. The number of hydrogen-bond acceptors (Lipinski definition) is 9. The summed E-state index contributed by atoms with van der Waals surface area (Å²) in [4.78, 5) is 22.7. The Bertz CT molecular complexity index is 2050. The van der Waals surface area contributed by atoms with Crippen LogP contribution in [-0.2, 0) is 19.1 Å². The summed E-state index contributed by atoms with van der Waals surface area (Å²) >= 11 is 0. The average molecular weight is 919 g/mol. The first-order chi connectivity index (χ1) is 32.9. The molecule has 364 valence electrons. The maximum atomic E-state index is 14.5. The minimum Gasteiger partial charge on any atom is -0.459 e. The van der Waals surface area contributed by atoms with Gasteiger partial charge in [-0.1, -0.05) is 131 Å². The highest BCUT2D eigenvalue weighted by molar-refractivity contribution is 6.03. The van der Waals surface area contributed by atoms with E-state index in [2.05, 4.69) is 49.9 Å². The van der Waals surface area contributed by atoms with E-state index in [1.807, 2.05) is 54.4 Å². The molecule has 7 rings (SSSR count). The first kappa shape index (κ1) is 50.4. The van der Waals surface area contributed by atoms with Crippen molar-refractivity contribution in [2.75, 3.05) is 33.5 Å². The van der Waals surface area contributed by atoms with E-state index < -0.39 is 18.1 Å². The molecular formula is C57H78N2O8. The Balaban J connectivity index is 1.28. The summed E-state index contributed by atoms with van der Waals surface area (Å²) < 4.78 is 27.2. The van der Waals surface area contributed by atoms with Crippen LogP contribution in [0.5, 0.6) is 17.2 Å². The molecule has 10 heteroatoms. The minimum atomic E-state index is -1.29. The van der Waals surface area contributed by atoms with Gasteiger partial charge >= 0.3 is 0 Å². The van der Waals surface area contributed by atoms with Crippen LogP contribution in [-0.4, -0.2) is 78.3 Å². The fourth-order valence-corrected chi connectivity index (χ4v) is 11.1. The highest BCUT2D eigenvalue weighted by Gasteiger charge is 2.65. The van der Waals surface area contributed by atoms with Gasteiger partial charge in [0, 0.05) is 51.0 Å². The van der Waals surface area contributed by atoms with Gasteiger partial charge in [-0.25, -0.2) is 0 Å². The van der Waals surface area contributed by atoms with Crippen molar-refractivity contribution >= 4 is 11.6 Å². The molecule has 0 bridgehead atoms. The first-order valence-electron chi connectivity index (χ1n) is 25.9. The van der Waals surface area contributed by atoms with Gasteiger partial charge in [-0.3, -0.25) is 4.79 Å². The molecule has 7 atom stereocenters. The van der Waals surface area contributed by atoms with Gasteiger partial charge in [0.15, 0.2) is 0 Å². The van der Waals surface area contributed by atoms with E-state index >= 15 is 0 Å². The van der Waals surface area contributed by atoms with E-state index in [9.17, 15) is 15.0 Å². The van der Waals surface area contributed by atoms with Crippen molar-refractivity contribution < 1.29 is 38.8 Å². The molecule has 2 fully saturated rings. The topological polar surface area (TPSA) is 119 Å². The van der Waals surface area contributed by atoms with Gasteiger partial charge in [0.1, 0.15) is 23.3 Å². The second kappa shape index (κ2) is 25.8. The van der Waals surface area contributed by atoms with Gasteiger partial charge < -0.3 is 38.9 Å². The Morgan fingerprint density at radius 1 is 0.851 bits per heavy atom. The number of amides is 1. The maximum Gasteiger partial charge on any atom is 0.239 e. The summed E-state index contributed by atoms with van der Waals surface area (Å²) in [5.74, 6) is 0.606. The van der Waals surface area contributed by atoms with Crippen molar-refractivity contribution in [2.45, 2.75) is 159 Å². The molecule has 0 spiro atoms. The zero-order valence-corrected chi connectivity index (χ0v) is 40.5. The number of hydrogen-bond donors (Lipinski definition) is 2. The highest BCUT2D eigenvalue weighted by atomic mass is 16.8. The van der Waals surface area contributed by atoms with Gasteiger partial charge in [-0.2, -0.15) is 0 Å². The van der Waals surface area contributed by atoms with Crippen LogP contribution >= 0.6 is 0 Å². The van der Waals surface area contributed by atoms with Crippen molar-refractivity contribution in [2.24, 2.45) is 22.9 Å². The predicted molar refractivity (Wildman–Crippen MR) is 266 cm³/mol. The van der Waals surface area contributed by atoms with E-state index in [4.69, 9.17) is 28.9 Å². The highest BCUT2D eigenvalue weighted by Crippen LogP contribution is 2.62. The van der Waals surface area contributed by atoms with Crippen molar-refractivity contribution in [1.29, 1.82) is 0 Å². The zero-order chi connectivity index (χ0) is 46.9. The predicted octanol–water partition coefficient (Wildman–Crippen LogP) is 12.7. The molecule has 2 aliphatic heterocycles. The van der Waals surface area contributed by atoms with Gasteiger partial charge in [0.25, 0.3) is 0 Å². The number of carbonyl (C=O) groups is 1. The summed E-state index contributed by atoms with van der Waals surface area (Å²) in [6.45, 7) is 7.44. The third kappa shape index (κ3) is 12.8. The summed E-state index contributed by atoms with van der Waals surface area (Å²) in [5.41, 5.74) is 5.08. The van der Waals surface area contributed by atoms with Crippen LogP contribution < -0.4 is 9.47 Å². The SMILES string of the molecule is C=CCO[C@@]12Oc3ccc(Oc4ccc(-c5ccccc5)cc4)cc3[C@H]3[C@H](CCCCO)[C@@H](CCCCO)C=C(C(=NOC4CCCCO4)C[C@@H]1N(C)C(=O)CCCCCCCCCCC)[C@H]32. The molecule has 2 N–H and O–H groups in total. The molecule has 1 saturated heterocycles. The van der Waals surface area contributed by atoms with Crippen LogP contribution in [0.1, 0.15) is 147 Å². The minimum absolute atomic E-state index is 0.0583. The lowest BCUT2D eigenvalue weighted by atomic mass is 9.55. The summed E-state index contributed by atoms with van der Waals surface area (Å²) in [5, 5.41) is 25.0. The first-order valence-corrected chi connectivity index (χ1v) is 25.9. The van der Waals surface area contributed by atoms with Crippen LogP contribution in [0.3, 0.4) is 0 Å². The van der Waals surface area contributed by atoms with Crippen LogP contribution in [0.4, 0.5) is 0 Å². The fraction of sp³-hybridized carbons (Fsp3) is 0.579. The molecule has 2 aliphatic carbocycles. The lowest BCUT2D eigenvalue weighted by molar-refractivity contribution is -0.256. The lowest BCUT2D eigenvalue weighted by Gasteiger charge is -2.59. The molecule has 1 saturated carbocycles. The number of unbranched alkanes of at least 4 members (excludes halogenated alkanes) is 10. The van der Waals surface area contributed by atoms with E-state index in [-0.39, 0.29) is 49.4 Å². The number of likely N-dealkylation sites (N-methyl/N-ethyl adjacent to an activating group) is 1. The van der Waals surface area contributed by atoms with Crippen molar-refractivity contribution in [1.82, 2.24) is 4.90 Å². The van der Waals surface area contributed by atoms with Crippen molar-refractivity contribution in [3.05, 3.63) is 103 Å². The number of nitrogens with zero attached hydrogens (tertiary/aromatic N) is 2. The third-order valence-electron chi connectivity index (χ3n) is 14.6. The average Bonchev–Trinajstić information content (AvgIpc) is 3.36. The zero-order valence-electron chi connectivity index (χ0n) is 40.5. The summed E-state index contributed by atoms with van der Waals surface area (Å²) in [6.07, 6.45) is 22.7. The van der Waals surface area contributed by atoms with Crippen LogP contribution in [0.25, 0.3) is 11.1 Å². The van der Waals surface area contributed by atoms with Crippen LogP contribution in [0, 0.1) is 17.8 Å². The van der Waals surface area contributed by atoms with E-state index in [0.717, 1.165) is 97.9 Å². The number of aliphatic hydroxyl groups excluding tert-OH is 2. The molecule has 67 heavy (non-hydrogen) atoms. The molecule has 4 aliphatic rings. The van der Waals surface area contributed by atoms with Gasteiger partial charge in [-0.15, -0.1) is 6.58 Å². The monoisotopic (exact) mass is 919 g/mol. The van der Waals surface area contributed by atoms with Gasteiger partial charge in [-0.05, 0) is 104 Å². The Labute approximate surface area is 400 Å². The van der Waals surface area contributed by atoms with Crippen LogP contribution in [0.15, 0.2) is 102 Å². The van der Waals surface area contributed by atoms with Gasteiger partial charge in [0.2, 0.25) is 18.0 Å². The molecule has 2 heterocycles. The number of carbonyl (C=O) groups excluding carboxylic acids is 1. The number of ether oxygens (including phenoxy) is 4. The molecule has 3 aromatic rings. The Hall–Kier alpha value is -4.48. The van der Waals surface area contributed by atoms with Gasteiger partial charge in [0.05, 0.1) is 24.8 Å². The largest absolute Gasteiger partial charge is 0.459 e. The fourth-order valence-electron chi connectivity index (χ4n) is 11.1. The molecule has 1 amide bonds. The number of aliphatic hydroxyl groups is 2. The molecular weight excluding hydrogens is 841 g/mol. The lowest BCUT2D eigenvalue weighted by Crippen LogP contribution is -2.69. The van der Waals surface area contributed by atoms with E-state index in [0.29, 0.717) is 43.8 Å². The standard InChI is InChI=1S/C57H78N2O8/c1-4-6-7-8-9-10-11-12-16-27-53(62)59(3)52-41-50(58-67-54-28-19-22-38-63-54)48-39-44(25-17-20-35-60)47(26-18-21-36-61)55-49-40-46(33-34-51(49)66-57(52,56(48)55)64-37-5-2)65-45-31-29-43(30-32-45)42-23-14-13-15-24-42/h5,13-15,23-24,29-34,39-40,44,47,52,54-56,60-61H,2,4,6-12,16-22,25-28,35-38,41H2,1,3H3/t44-,47+,52-,54?,55+,56+,57+/m0/s1. The summed E-state index contributed by atoms with van der Waals surface area (Å²) in [7, 11) is 1.91. The second-order valence-corrected chi connectivity index (χ2v) is 19.2. The smallest absolute Gasteiger partial charge is 0.239 e. The van der Waals surface area contributed by atoms with Crippen LogP contribution in [0.2, 0.25) is 0 Å². The molecule has 3 aromatic carbocycles. The second-order valence-electron chi connectivity index (χ2n) is 19.2. The maximum absolute atomic E-state index is 14.5. The Morgan fingerprint density at radius 3 is 2.25 bits per heavy atom. The molecule has 0 aromatic heterocycles. The van der Waals surface area contributed by atoms with E-state index in [1.165, 1.54) is 38.5 Å². The number of benzene rings is 3. The number of oxime groups is 1. The normalized spacial score (nSPS) is 24.8. The number of fused-ring (bicyclic) bond motifs is 2. The van der Waals surface area contributed by atoms with Crippen molar-refractivity contribution in [3.63, 3.8) is 0 Å².